The third-order valence-corrected chi connectivity index (χ3v) is 11.6. The van der Waals surface area contributed by atoms with Crippen LogP contribution in [0.25, 0.3) is 11.8 Å². The van der Waals surface area contributed by atoms with Gasteiger partial charge in [0.25, 0.3) is 0 Å². The molecule has 0 N–H and O–H groups in total. The van der Waals surface area contributed by atoms with Crippen LogP contribution in [0, 0.1) is 34.4 Å². The molecule has 222 valence electrons. The summed E-state index contributed by atoms with van der Waals surface area (Å²) in [6.45, 7) is 4.82. The van der Waals surface area contributed by atoms with E-state index in [1.165, 1.54) is 17.7 Å². The number of nitrogens with zero attached hydrogens (tertiary/aromatic N) is 2. The highest BCUT2D eigenvalue weighted by molar-refractivity contribution is 7.96. The van der Waals surface area contributed by atoms with Crippen molar-refractivity contribution in [3.05, 3.63) is 53.1 Å². The SMILES string of the molecule is C[C@]12Cc3cnn(-c4ccc(F)cc4)c3C=C1CC[C@@H]1[C@@H]2C(=O)C[C@@]2(C)[C@H]1CCC2(CC(=O)S)OC(=O)C1CCCO1. The van der Waals surface area contributed by atoms with Crippen molar-refractivity contribution in [2.75, 3.05) is 6.61 Å². The highest BCUT2D eigenvalue weighted by Gasteiger charge is 2.68. The molecular weight excluding hydrogens is 555 g/mol. The van der Waals surface area contributed by atoms with Crippen molar-refractivity contribution >= 4 is 35.6 Å². The second-order valence-electron chi connectivity index (χ2n) is 13.6. The van der Waals surface area contributed by atoms with Gasteiger partial charge in [0.2, 0.25) is 0 Å². The molecular formula is C33H37FN2O5S. The number of esters is 1. The molecule has 1 aromatic heterocycles. The van der Waals surface area contributed by atoms with Crippen molar-refractivity contribution in [2.45, 2.75) is 83.3 Å². The summed E-state index contributed by atoms with van der Waals surface area (Å²) in [7, 11) is 0. The molecule has 0 amide bonds. The van der Waals surface area contributed by atoms with Gasteiger partial charge in [-0.1, -0.05) is 19.4 Å². The van der Waals surface area contributed by atoms with E-state index >= 15 is 0 Å². The lowest BCUT2D eigenvalue weighted by atomic mass is 9.46. The molecule has 7 atom stereocenters. The fourth-order valence-electron chi connectivity index (χ4n) is 9.51. The molecule has 1 aromatic carbocycles. The van der Waals surface area contributed by atoms with E-state index in [1.54, 1.807) is 12.1 Å². The average molecular weight is 593 g/mol. The maximum atomic E-state index is 14.4. The Balaban J connectivity index is 1.21. The first-order chi connectivity index (χ1) is 20.0. The number of Topliss-reactive ketones (excluding diaryl/α,β-unsaturated/α-hetero) is 1. The van der Waals surface area contributed by atoms with Crippen molar-refractivity contribution in [2.24, 2.45) is 28.6 Å². The molecule has 0 spiro atoms. The van der Waals surface area contributed by atoms with Crippen LogP contribution >= 0.6 is 12.6 Å². The molecule has 0 radical (unpaired) electrons. The molecule has 7 rings (SSSR count). The first-order valence-corrected chi connectivity index (χ1v) is 15.6. The maximum Gasteiger partial charge on any atom is 0.335 e. The number of rotatable bonds is 5. The summed E-state index contributed by atoms with van der Waals surface area (Å²) >= 11 is 4.12. The number of ether oxygens (including phenoxy) is 2. The summed E-state index contributed by atoms with van der Waals surface area (Å²) in [5.74, 6) is -0.403. The molecule has 42 heavy (non-hydrogen) atoms. The Morgan fingerprint density at radius 1 is 1.17 bits per heavy atom. The third kappa shape index (κ3) is 4.09. The van der Waals surface area contributed by atoms with Gasteiger partial charge in [0.1, 0.15) is 17.2 Å². The lowest BCUT2D eigenvalue weighted by Crippen LogP contribution is -2.60. The van der Waals surface area contributed by atoms with Crippen LogP contribution < -0.4 is 0 Å². The molecule has 1 aliphatic heterocycles. The number of hydrogen-bond acceptors (Lipinski definition) is 6. The first kappa shape index (κ1) is 28.0. The lowest BCUT2D eigenvalue weighted by Gasteiger charge is -2.58. The van der Waals surface area contributed by atoms with E-state index in [0.29, 0.717) is 25.9 Å². The quantitative estimate of drug-likeness (QED) is 0.355. The van der Waals surface area contributed by atoms with E-state index < -0.39 is 23.1 Å². The van der Waals surface area contributed by atoms with Crippen molar-refractivity contribution in [1.29, 1.82) is 0 Å². The highest BCUT2D eigenvalue weighted by atomic mass is 32.1. The maximum absolute atomic E-state index is 14.4. The van der Waals surface area contributed by atoms with E-state index in [9.17, 15) is 18.8 Å². The molecule has 2 heterocycles. The van der Waals surface area contributed by atoms with Crippen LogP contribution in [0.15, 0.2) is 36.0 Å². The summed E-state index contributed by atoms with van der Waals surface area (Å²) in [5, 5.41) is 4.32. The van der Waals surface area contributed by atoms with Gasteiger partial charge in [0, 0.05) is 29.8 Å². The van der Waals surface area contributed by atoms with Gasteiger partial charge in [-0.05, 0) is 92.7 Å². The second-order valence-corrected chi connectivity index (χ2v) is 14.1. The molecule has 1 saturated heterocycles. The molecule has 5 aliphatic rings. The molecule has 4 fully saturated rings. The smallest absolute Gasteiger partial charge is 0.335 e. The van der Waals surface area contributed by atoms with Gasteiger partial charge in [0.05, 0.1) is 24.0 Å². The molecule has 2 unspecified atom stereocenters. The lowest BCUT2D eigenvalue weighted by molar-refractivity contribution is -0.195. The Morgan fingerprint density at radius 2 is 1.95 bits per heavy atom. The topological polar surface area (TPSA) is 87.5 Å². The Kier molecular flexibility index (Phi) is 6.59. The Bertz CT molecular complexity index is 1500. The molecule has 9 heteroatoms. The minimum absolute atomic E-state index is 0.000584. The molecule has 4 aliphatic carbocycles. The van der Waals surface area contributed by atoms with Gasteiger partial charge >= 0.3 is 5.97 Å². The van der Waals surface area contributed by atoms with Gasteiger partial charge in [-0.3, -0.25) is 9.59 Å². The minimum Gasteiger partial charge on any atom is -0.456 e. The Hall–Kier alpha value is -2.78. The first-order valence-electron chi connectivity index (χ1n) is 15.2. The van der Waals surface area contributed by atoms with Crippen LogP contribution in [-0.2, 0) is 30.3 Å². The van der Waals surface area contributed by atoms with Crippen LogP contribution in [0.4, 0.5) is 4.39 Å². The summed E-state index contributed by atoms with van der Waals surface area (Å²) in [5.41, 5.74) is 2.08. The van der Waals surface area contributed by atoms with Crippen LogP contribution in [0.5, 0.6) is 0 Å². The Morgan fingerprint density at radius 3 is 2.67 bits per heavy atom. The number of ketones is 1. The van der Waals surface area contributed by atoms with Crippen molar-refractivity contribution < 1.29 is 28.2 Å². The van der Waals surface area contributed by atoms with Crippen LogP contribution in [-0.4, -0.2) is 45.0 Å². The minimum atomic E-state index is -1.06. The molecule has 3 saturated carbocycles. The molecule has 2 aromatic rings. The number of thiol groups is 1. The van der Waals surface area contributed by atoms with Crippen LogP contribution in [0.2, 0.25) is 0 Å². The summed E-state index contributed by atoms with van der Waals surface area (Å²) in [4.78, 5) is 40.1. The Labute approximate surface area is 250 Å². The van der Waals surface area contributed by atoms with Gasteiger partial charge in [-0.15, -0.1) is 12.6 Å². The number of hydrogen-bond donors (Lipinski definition) is 1. The summed E-state index contributed by atoms with van der Waals surface area (Å²) in [6, 6.07) is 6.33. The highest BCUT2D eigenvalue weighted by Crippen LogP contribution is 2.68. The standard InChI is InChI=1S/C33H37FN2O5S/c1-31-15-19-18-35-36(22-8-6-21(34)7-9-22)25(19)14-20(31)5-10-23-24-11-12-33(17-28(38)42,32(24,2)16-26(37)29(23)31)41-30(39)27-4-3-13-40-27/h6-9,14,18,23-24,27,29H,3-5,10-13,15-17H2,1-2H3,(H,38,42)/t23-,24-,27?,29+,31-,32-,33?/m0/s1. The molecule has 0 bridgehead atoms. The van der Waals surface area contributed by atoms with Crippen molar-refractivity contribution in [1.82, 2.24) is 9.78 Å². The summed E-state index contributed by atoms with van der Waals surface area (Å²) in [6.07, 6.45) is 8.93. The van der Waals surface area contributed by atoms with E-state index in [1.807, 2.05) is 10.9 Å². The number of fused-ring (bicyclic) bond motifs is 6. The average Bonchev–Trinajstić information content (AvgIpc) is 3.66. The van der Waals surface area contributed by atoms with Crippen molar-refractivity contribution in [3.8, 4) is 5.69 Å². The van der Waals surface area contributed by atoms with Gasteiger partial charge < -0.3 is 9.47 Å². The number of carbonyl (C=O) groups is 3. The number of aromatic nitrogens is 2. The number of carbonyl (C=O) groups excluding carboxylic acids is 3. The largest absolute Gasteiger partial charge is 0.456 e. The number of allylic oxidation sites excluding steroid dienone is 1. The predicted octanol–water partition coefficient (Wildman–Crippen LogP) is 5.68. The fourth-order valence-corrected chi connectivity index (χ4v) is 9.76. The van der Waals surface area contributed by atoms with Gasteiger partial charge in [-0.2, -0.15) is 5.10 Å². The zero-order valence-electron chi connectivity index (χ0n) is 24.1. The monoisotopic (exact) mass is 592 g/mol. The van der Waals surface area contributed by atoms with Gasteiger partial charge in [-0.25, -0.2) is 13.9 Å². The van der Waals surface area contributed by atoms with E-state index in [-0.39, 0.29) is 52.7 Å². The zero-order valence-corrected chi connectivity index (χ0v) is 25.0. The van der Waals surface area contributed by atoms with Gasteiger partial charge in [0.15, 0.2) is 11.2 Å². The van der Waals surface area contributed by atoms with E-state index in [0.717, 1.165) is 42.6 Å². The van der Waals surface area contributed by atoms with E-state index in [4.69, 9.17) is 9.47 Å². The van der Waals surface area contributed by atoms with E-state index in [2.05, 4.69) is 37.7 Å². The third-order valence-electron chi connectivity index (χ3n) is 11.5. The normalized spacial score (nSPS) is 36.9. The number of halogens is 1. The second kappa shape index (κ2) is 9.88. The van der Waals surface area contributed by atoms with Crippen LogP contribution in [0.3, 0.4) is 0 Å². The zero-order chi connectivity index (χ0) is 29.4. The summed E-state index contributed by atoms with van der Waals surface area (Å²) < 4.78 is 27.3. The van der Waals surface area contributed by atoms with Crippen LogP contribution in [0.1, 0.15) is 76.5 Å². The number of benzene rings is 1. The fraction of sp³-hybridized carbons (Fsp3) is 0.576. The predicted molar refractivity (Wildman–Crippen MR) is 156 cm³/mol. The van der Waals surface area contributed by atoms with Crippen molar-refractivity contribution in [3.63, 3.8) is 0 Å². The molecule has 7 nitrogen and oxygen atoms in total.